The minimum absolute atomic E-state index is 0.0390. The lowest BCUT2D eigenvalue weighted by molar-refractivity contribution is 0.0110. The van der Waals surface area contributed by atoms with Crippen LogP contribution in [-0.4, -0.2) is 25.3 Å². The van der Waals surface area contributed by atoms with Gasteiger partial charge in [-0.15, -0.1) is 0 Å². The maximum atomic E-state index is 5.56. The van der Waals surface area contributed by atoms with Crippen molar-refractivity contribution in [2.75, 3.05) is 13.7 Å². The molecule has 0 bridgehead atoms. The van der Waals surface area contributed by atoms with Crippen LogP contribution in [0.4, 0.5) is 0 Å². The average molecular weight is 277 g/mol. The molecule has 20 heavy (non-hydrogen) atoms. The van der Waals surface area contributed by atoms with Crippen LogP contribution in [0, 0.1) is 0 Å². The van der Waals surface area contributed by atoms with Crippen LogP contribution in [0.1, 0.15) is 58.4 Å². The second-order valence-corrected chi connectivity index (χ2v) is 6.09. The van der Waals surface area contributed by atoms with Crippen molar-refractivity contribution in [2.24, 2.45) is 0 Å². The minimum Gasteiger partial charge on any atom is -0.379 e. The van der Waals surface area contributed by atoms with Gasteiger partial charge >= 0.3 is 0 Å². The van der Waals surface area contributed by atoms with Gasteiger partial charge in [0, 0.05) is 13.2 Å². The lowest BCUT2D eigenvalue weighted by Crippen LogP contribution is -2.37. The molecule has 0 saturated heterocycles. The van der Waals surface area contributed by atoms with Gasteiger partial charge in [-0.25, -0.2) is 0 Å². The van der Waals surface area contributed by atoms with Crippen LogP contribution in [0.25, 0.3) is 0 Å². The van der Waals surface area contributed by atoms with Crippen molar-refractivity contribution in [1.29, 1.82) is 0 Å². The van der Waals surface area contributed by atoms with Crippen LogP contribution in [0.2, 0.25) is 0 Å². The third kappa shape index (κ3) is 5.26. The number of hydrogen-bond donors (Lipinski definition) is 1. The summed E-state index contributed by atoms with van der Waals surface area (Å²) in [5.41, 5.74) is 1.40. The summed E-state index contributed by atoms with van der Waals surface area (Å²) in [6, 6.07) is 11.4. The predicted molar refractivity (Wildman–Crippen MR) is 87.3 cm³/mol. The third-order valence-corrected chi connectivity index (χ3v) is 4.23. The lowest BCUT2D eigenvalue weighted by atomic mass is 9.84. The molecule has 0 radical (unpaired) electrons. The summed E-state index contributed by atoms with van der Waals surface area (Å²) >= 11 is 0. The smallest absolute Gasteiger partial charge is 0.0623 e. The van der Waals surface area contributed by atoms with Gasteiger partial charge in [0.15, 0.2) is 0 Å². The quantitative estimate of drug-likeness (QED) is 0.724. The molecule has 2 nitrogen and oxygen atoms in total. The van der Waals surface area contributed by atoms with Gasteiger partial charge in [-0.2, -0.15) is 0 Å². The third-order valence-electron chi connectivity index (χ3n) is 4.23. The van der Waals surface area contributed by atoms with Crippen LogP contribution in [0.3, 0.4) is 0 Å². The van der Waals surface area contributed by atoms with Gasteiger partial charge in [0.05, 0.1) is 5.60 Å². The average Bonchev–Trinajstić information content (AvgIpc) is 2.47. The molecule has 0 aliphatic rings. The van der Waals surface area contributed by atoms with Gasteiger partial charge in [-0.1, -0.05) is 44.2 Å². The van der Waals surface area contributed by atoms with Gasteiger partial charge in [-0.3, -0.25) is 0 Å². The number of rotatable bonds is 9. The fourth-order valence-corrected chi connectivity index (χ4v) is 2.77. The van der Waals surface area contributed by atoms with E-state index in [-0.39, 0.29) is 5.60 Å². The summed E-state index contributed by atoms with van der Waals surface area (Å²) in [6.45, 7) is 9.82. The van der Waals surface area contributed by atoms with Crippen molar-refractivity contribution in [3.63, 3.8) is 0 Å². The highest BCUT2D eigenvalue weighted by Crippen LogP contribution is 2.28. The Bertz CT molecular complexity index is 361. The normalized spacial score (nSPS) is 15.1. The number of likely N-dealkylation sites (N-methyl/N-ethyl adjacent to an activating group) is 1. The fraction of sp³-hybridized carbons (Fsp3) is 0.667. The molecule has 2 atom stereocenters. The first-order chi connectivity index (χ1) is 9.54. The van der Waals surface area contributed by atoms with E-state index in [1.165, 1.54) is 5.56 Å². The molecule has 0 spiro atoms. The predicted octanol–water partition coefficient (Wildman–Crippen LogP) is 4.36. The molecule has 0 heterocycles. The van der Waals surface area contributed by atoms with E-state index >= 15 is 0 Å². The molecule has 0 amide bonds. The van der Waals surface area contributed by atoms with E-state index in [1.807, 2.05) is 0 Å². The second-order valence-electron chi connectivity index (χ2n) is 6.09. The van der Waals surface area contributed by atoms with E-state index in [0.717, 1.165) is 25.8 Å². The highest BCUT2D eigenvalue weighted by atomic mass is 16.5. The highest BCUT2D eigenvalue weighted by molar-refractivity contribution is 5.21. The first-order valence-electron chi connectivity index (χ1n) is 7.87. The standard InChI is InChI=1S/C18H31NO/c1-6-16(15-11-9-8-10-12-15)17(19-7-2)13-14-18(3,4)20-5/h8-12,16-17,19H,6-7,13-14H2,1-5H3. The minimum atomic E-state index is -0.0390. The summed E-state index contributed by atoms with van der Waals surface area (Å²) in [6.07, 6.45) is 3.38. The fourth-order valence-electron chi connectivity index (χ4n) is 2.77. The maximum Gasteiger partial charge on any atom is 0.0623 e. The van der Waals surface area contributed by atoms with Gasteiger partial charge in [-0.05, 0) is 51.1 Å². The van der Waals surface area contributed by atoms with Crippen molar-refractivity contribution in [3.8, 4) is 0 Å². The zero-order valence-corrected chi connectivity index (χ0v) is 13.8. The molecule has 2 heteroatoms. The number of hydrogen-bond acceptors (Lipinski definition) is 2. The van der Waals surface area contributed by atoms with E-state index < -0.39 is 0 Å². The molecule has 0 aromatic heterocycles. The Morgan fingerprint density at radius 3 is 2.30 bits per heavy atom. The van der Waals surface area contributed by atoms with Crippen molar-refractivity contribution < 1.29 is 4.74 Å². The van der Waals surface area contributed by atoms with E-state index in [1.54, 1.807) is 7.11 Å². The van der Waals surface area contributed by atoms with Crippen LogP contribution in [0.5, 0.6) is 0 Å². The van der Waals surface area contributed by atoms with Crippen molar-refractivity contribution in [2.45, 2.75) is 64.5 Å². The van der Waals surface area contributed by atoms with Gasteiger partial charge in [0.25, 0.3) is 0 Å². The molecule has 1 aromatic rings. The molecular formula is C18H31NO. The molecule has 0 fully saturated rings. The first kappa shape index (κ1) is 17.2. The Balaban J connectivity index is 2.77. The molecule has 0 aliphatic carbocycles. The molecular weight excluding hydrogens is 246 g/mol. The van der Waals surface area contributed by atoms with Crippen molar-refractivity contribution in [1.82, 2.24) is 5.32 Å². The lowest BCUT2D eigenvalue weighted by Gasteiger charge is -2.31. The van der Waals surface area contributed by atoms with Crippen molar-refractivity contribution >= 4 is 0 Å². The Morgan fingerprint density at radius 1 is 1.15 bits per heavy atom. The van der Waals surface area contributed by atoms with Gasteiger partial charge < -0.3 is 10.1 Å². The molecule has 0 aliphatic heterocycles. The Kier molecular flexibility index (Phi) is 7.25. The number of methoxy groups -OCH3 is 1. The molecule has 1 aromatic carbocycles. The SMILES string of the molecule is CCNC(CCC(C)(C)OC)C(CC)c1ccccc1. The van der Waals surface area contributed by atoms with E-state index in [9.17, 15) is 0 Å². The van der Waals surface area contributed by atoms with Crippen LogP contribution in [-0.2, 0) is 4.74 Å². The maximum absolute atomic E-state index is 5.56. The van der Waals surface area contributed by atoms with Crippen LogP contribution in [0.15, 0.2) is 30.3 Å². The molecule has 1 N–H and O–H groups in total. The first-order valence-corrected chi connectivity index (χ1v) is 7.87. The summed E-state index contributed by atoms with van der Waals surface area (Å²) in [5.74, 6) is 0.573. The monoisotopic (exact) mass is 277 g/mol. The summed E-state index contributed by atoms with van der Waals surface area (Å²) in [5, 5.41) is 3.67. The van der Waals surface area contributed by atoms with Gasteiger partial charge in [0.2, 0.25) is 0 Å². The topological polar surface area (TPSA) is 21.3 Å². The number of benzene rings is 1. The molecule has 0 saturated carbocycles. The molecule has 2 unspecified atom stereocenters. The van der Waals surface area contributed by atoms with Crippen LogP contribution >= 0.6 is 0 Å². The van der Waals surface area contributed by atoms with Crippen molar-refractivity contribution in [3.05, 3.63) is 35.9 Å². The largest absolute Gasteiger partial charge is 0.379 e. The Morgan fingerprint density at radius 2 is 1.80 bits per heavy atom. The highest BCUT2D eigenvalue weighted by Gasteiger charge is 2.24. The summed E-state index contributed by atoms with van der Waals surface area (Å²) < 4.78 is 5.56. The summed E-state index contributed by atoms with van der Waals surface area (Å²) in [7, 11) is 1.80. The molecule has 1 rings (SSSR count). The Labute approximate surface area is 124 Å². The molecule has 114 valence electrons. The van der Waals surface area contributed by atoms with Gasteiger partial charge in [0.1, 0.15) is 0 Å². The van der Waals surface area contributed by atoms with E-state index in [0.29, 0.717) is 12.0 Å². The zero-order chi connectivity index (χ0) is 15.0. The number of nitrogens with one attached hydrogen (secondary N) is 1. The van der Waals surface area contributed by atoms with E-state index in [4.69, 9.17) is 4.74 Å². The second kappa shape index (κ2) is 8.43. The summed E-state index contributed by atoms with van der Waals surface area (Å²) in [4.78, 5) is 0. The van der Waals surface area contributed by atoms with E-state index in [2.05, 4.69) is 63.3 Å². The zero-order valence-electron chi connectivity index (χ0n) is 13.8. The number of ether oxygens (including phenoxy) is 1. The van der Waals surface area contributed by atoms with Crippen LogP contribution < -0.4 is 5.32 Å². The Hall–Kier alpha value is -0.860.